The van der Waals surface area contributed by atoms with Gasteiger partial charge in [0.15, 0.2) is 0 Å². The largest absolute Gasteiger partial charge is 0.370 e. The number of aromatic nitrogens is 1. The topological polar surface area (TPSA) is 80.0 Å². The van der Waals surface area contributed by atoms with Crippen molar-refractivity contribution in [3.63, 3.8) is 0 Å². The molecule has 0 saturated heterocycles. The first-order chi connectivity index (χ1) is 8.72. The molecule has 0 aromatic carbocycles. The molecule has 0 aliphatic heterocycles. The molecule has 0 spiro atoms. The van der Waals surface area contributed by atoms with Crippen LogP contribution in [0.4, 0.5) is 5.82 Å². The van der Waals surface area contributed by atoms with Crippen LogP contribution in [0.3, 0.4) is 0 Å². The number of aryl methyl sites for hydroxylation is 1. The van der Waals surface area contributed by atoms with Crippen LogP contribution >= 0.6 is 0 Å². The van der Waals surface area contributed by atoms with Gasteiger partial charge in [-0.3, -0.25) is 4.79 Å². The normalized spacial score (nSPS) is 10.1. The summed E-state index contributed by atoms with van der Waals surface area (Å²) in [6.45, 7) is 4.05. The molecule has 0 atom stereocenters. The van der Waals surface area contributed by atoms with E-state index in [4.69, 9.17) is 5.73 Å². The monoisotopic (exact) mass is 250 g/mol. The number of anilines is 1. The average molecular weight is 250 g/mol. The summed E-state index contributed by atoms with van der Waals surface area (Å²) in [5, 5.41) is 6.06. The summed E-state index contributed by atoms with van der Waals surface area (Å²) in [5.74, 6) is 0.948. The van der Waals surface area contributed by atoms with Gasteiger partial charge in [0.25, 0.3) is 0 Å². The van der Waals surface area contributed by atoms with Crippen LogP contribution in [-0.4, -0.2) is 30.5 Å². The molecule has 100 valence electrons. The number of nitrogens with one attached hydrogen (secondary N) is 2. The highest BCUT2D eigenvalue weighted by Crippen LogP contribution is 2.03. The standard InChI is InChI=1S/C13H22N4O/c1-11-5-6-12(17-10-11)15-8-3-9-16-13(18)4-2-7-14/h5-6,10H,2-4,7-9,14H2,1H3,(H,15,17)(H,16,18). The van der Waals surface area contributed by atoms with E-state index in [9.17, 15) is 4.79 Å². The lowest BCUT2D eigenvalue weighted by Crippen LogP contribution is -2.26. The highest BCUT2D eigenvalue weighted by atomic mass is 16.1. The maximum absolute atomic E-state index is 11.3. The van der Waals surface area contributed by atoms with Crippen LogP contribution in [0.1, 0.15) is 24.8 Å². The van der Waals surface area contributed by atoms with Gasteiger partial charge in [-0.1, -0.05) is 6.07 Å². The van der Waals surface area contributed by atoms with Crippen molar-refractivity contribution in [2.45, 2.75) is 26.2 Å². The summed E-state index contributed by atoms with van der Waals surface area (Å²) < 4.78 is 0. The Balaban J connectivity index is 2.05. The summed E-state index contributed by atoms with van der Waals surface area (Å²) in [7, 11) is 0. The van der Waals surface area contributed by atoms with Gasteiger partial charge in [-0.2, -0.15) is 0 Å². The van der Waals surface area contributed by atoms with Crippen LogP contribution in [0.5, 0.6) is 0 Å². The predicted molar refractivity (Wildman–Crippen MR) is 73.4 cm³/mol. The molecule has 1 rings (SSSR count). The number of nitrogens with two attached hydrogens (primary N) is 1. The zero-order chi connectivity index (χ0) is 13.2. The van der Waals surface area contributed by atoms with Gasteiger partial charge >= 0.3 is 0 Å². The highest BCUT2D eigenvalue weighted by molar-refractivity contribution is 5.75. The highest BCUT2D eigenvalue weighted by Gasteiger charge is 1.99. The smallest absolute Gasteiger partial charge is 0.220 e. The second-order valence-electron chi connectivity index (χ2n) is 4.24. The van der Waals surface area contributed by atoms with Crippen molar-refractivity contribution in [3.8, 4) is 0 Å². The first-order valence-corrected chi connectivity index (χ1v) is 6.35. The Morgan fingerprint density at radius 3 is 2.83 bits per heavy atom. The van der Waals surface area contributed by atoms with E-state index in [0.717, 1.165) is 30.8 Å². The number of amides is 1. The number of hydrogen-bond donors (Lipinski definition) is 3. The van der Waals surface area contributed by atoms with Gasteiger partial charge in [-0.15, -0.1) is 0 Å². The number of pyridine rings is 1. The molecular formula is C13H22N4O. The molecule has 1 amide bonds. The summed E-state index contributed by atoms with van der Waals surface area (Å²) in [5.41, 5.74) is 6.48. The minimum atomic E-state index is 0.0777. The summed E-state index contributed by atoms with van der Waals surface area (Å²) in [6, 6.07) is 3.97. The number of hydrogen-bond acceptors (Lipinski definition) is 4. The van der Waals surface area contributed by atoms with E-state index in [1.807, 2.05) is 25.3 Å². The van der Waals surface area contributed by atoms with Crippen molar-refractivity contribution in [2.24, 2.45) is 5.73 Å². The maximum Gasteiger partial charge on any atom is 0.220 e. The minimum Gasteiger partial charge on any atom is -0.370 e. The van der Waals surface area contributed by atoms with E-state index in [0.29, 0.717) is 19.5 Å². The molecule has 5 nitrogen and oxygen atoms in total. The van der Waals surface area contributed by atoms with Gasteiger partial charge in [-0.05, 0) is 37.9 Å². The van der Waals surface area contributed by atoms with Crippen LogP contribution in [-0.2, 0) is 4.79 Å². The van der Waals surface area contributed by atoms with Crippen molar-refractivity contribution in [3.05, 3.63) is 23.9 Å². The van der Waals surface area contributed by atoms with Gasteiger partial charge < -0.3 is 16.4 Å². The molecular weight excluding hydrogens is 228 g/mol. The molecule has 5 heteroatoms. The predicted octanol–water partition coefficient (Wildman–Crippen LogP) is 1.05. The lowest BCUT2D eigenvalue weighted by molar-refractivity contribution is -0.121. The van der Waals surface area contributed by atoms with Crippen molar-refractivity contribution >= 4 is 11.7 Å². The summed E-state index contributed by atoms with van der Waals surface area (Å²) in [4.78, 5) is 15.5. The van der Waals surface area contributed by atoms with E-state index in [1.54, 1.807) is 0 Å². The van der Waals surface area contributed by atoms with Gasteiger partial charge in [-0.25, -0.2) is 4.98 Å². The molecule has 1 heterocycles. The molecule has 0 aliphatic rings. The Kier molecular flexibility index (Phi) is 6.79. The summed E-state index contributed by atoms with van der Waals surface area (Å²) >= 11 is 0. The third-order valence-electron chi connectivity index (χ3n) is 2.50. The van der Waals surface area contributed by atoms with E-state index in [1.165, 1.54) is 0 Å². The van der Waals surface area contributed by atoms with Crippen molar-refractivity contribution in [1.82, 2.24) is 10.3 Å². The zero-order valence-electron chi connectivity index (χ0n) is 10.9. The van der Waals surface area contributed by atoms with Crippen LogP contribution in [0, 0.1) is 6.92 Å². The van der Waals surface area contributed by atoms with Gasteiger partial charge in [0.2, 0.25) is 5.91 Å². The Labute approximate surface area is 108 Å². The third-order valence-corrected chi connectivity index (χ3v) is 2.50. The quantitative estimate of drug-likeness (QED) is 0.602. The van der Waals surface area contributed by atoms with Crippen molar-refractivity contribution in [1.29, 1.82) is 0 Å². The Bertz CT molecular complexity index is 351. The van der Waals surface area contributed by atoms with Crippen LogP contribution < -0.4 is 16.4 Å². The molecule has 1 aromatic heterocycles. The van der Waals surface area contributed by atoms with Crippen molar-refractivity contribution in [2.75, 3.05) is 25.0 Å². The number of carbonyl (C=O) groups is 1. The van der Waals surface area contributed by atoms with Gasteiger partial charge in [0.05, 0.1) is 0 Å². The molecule has 1 aromatic rings. The molecule has 18 heavy (non-hydrogen) atoms. The number of nitrogens with zero attached hydrogens (tertiary/aromatic N) is 1. The first-order valence-electron chi connectivity index (χ1n) is 6.35. The van der Waals surface area contributed by atoms with Crippen LogP contribution in [0.15, 0.2) is 18.3 Å². The van der Waals surface area contributed by atoms with E-state index < -0.39 is 0 Å². The fourth-order valence-corrected chi connectivity index (χ4v) is 1.46. The molecule has 0 aliphatic carbocycles. The first kappa shape index (κ1) is 14.4. The van der Waals surface area contributed by atoms with E-state index >= 15 is 0 Å². The molecule has 4 N–H and O–H groups in total. The third kappa shape index (κ3) is 6.20. The van der Waals surface area contributed by atoms with Crippen LogP contribution in [0.2, 0.25) is 0 Å². The molecule has 0 saturated carbocycles. The minimum absolute atomic E-state index is 0.0777. The second kappa shape index (κ2) is 8.47. The fraction of sp³-hybridized carbons (Fsp3) is 0.538. The molecule has 0 unspecified atom stereocenters. The van der Waals surface area contributed by atoms with Gasteiger partial charge in [0, 0.05) is 25.7 Å². The second-order valence-corrected chi connectivity index (χ2v) is 4.24. The zero-order valence-corrected chi connectivity index (χ0v) is 10.9. The van der Waals surface area contributed by atoms with E-state index in [-0.39, 0.29) is 5.91 Å². The van der Waals surface area contributed by atoms with Crippen LogP contribution in [0.25, 0.3) is 0 Å². The van der Waals surface area contributed by atoms with E-state index in [2.05, 4.69) is 15.6 Å². The molecule has 0 radical (unpaired) electrons. The number of rotatable bonds is 8. The van der Waals surface area contributed by atoms with Crippen molar-refractivity contribution < 1.29 is 4.79 Å². The lowest BCUT2D eigenvalue weighted by atomic mass is 10.3. The molecule has 0 fully saturated rings. The lowest BCUT2D eigenvalue weighted by Gasteiger charge is -2.07. The fourth-order valence-electron chi connectivity index (χ4n) is 1.46. The molecule has 0 bridgehead atoms. The Morgan fingerprint density at radius 1 is 1.33 bits per heavy atom. The summed E-state index contributed by atoms with van der Waals surface area (Å²) in [6.07, 6.45) is 3.97. The maximum atomic E-state index is 11.3. The van der Waals surface area contributed by atoms with Gasteiger partial charge in [0.1, 0.15) is 5.82 Å². The SMILES string of the molecule is Cc1ccc(NCCCNC(=O)CCCN)nc1. The Hall–Kier alpha value is -1.62. The number of carbonyl (C=O) groups excluding carboxylic acids is 1. The average Bonchev–Trinajstić information content (AvgIpc) is 2.38. The Morgan fingerprint density at radius 2 is 2.17 bits per heavy atom.